The Morgan fingerprint density at radius 2 is 1.90 bits per heavy atom. The molecule has 0 fully saturated rings. The molecule has 0 aliphatic carbocycles. The van der Waals surface area contributed by atoms with Crippen LogP contribution in [0.4, 0.5) is 10.1 Å². The molecule has 112 valence electrons. The third kappa shape index (κ3) is 4.31. The Morgan fingerprint density at radius 3 is 2.57 bits per heavy atom. The Morgan fingerprint density at radius 1 is 1.19 bits per heavy atom. The van der Waals surface area contributed by atoms with Gasteiger partial charge in [-0.15, -0.1) is 0 Å². The molecule has 0 spiro atoms. The van der Waals surface area contributed by atoms with Crippen LogP contribution in [-0.2, 0) is 0 Å². The van der Waals surface area contributed by atoms with Crippen LogP contribution >= 0.6 is 15.9 Å². The maximum Gasteiger partial charge on any atom is 0.139 e. The molecule has 1 N–H and O–H groups in total. The molecule has 0 aromatic heterocycles. The largest absolute Gasteiger partial charge is 0.378 e. The zero-order chi connectivity index (χ0) is 15.2. The van der Waals surface area contributed by atoms with Gasteiger partial charge in [0, 0.05) is 5.69 Å². The molecule has 0 saturated carbocycles. The van der Waals surface area contributed by atoms with E-state index < -0.39 is 0 Å². The van der Waals surface area contributed by atoms with Crippen molar-refractivity contribution in [2.75, 3.05) is 5.32 Å². The molecule has 1 atom stereocenters. The van der Waals surface area contributed by atoms with E-state index in [2.05, 4.69) is 40.3 Å². The van der Waals surface area contributed by atoms with Gasteiger partial charge >= 0.3 is 0 Å². The first-order chi connectivity index (χ1) is 10.1. The molecule has 0 radical (unpaired) electrons. The highest BCUT2D eigenvalue weighted by Gasteiger charge is 2.13. The lowest BCUT2D eigenvalue weighted by Crippen LogP contribution is -2.12. The first-order valence-corrected chi connectivity index (χ1v) is 8.18. The fourth-order valence-electron chi connectivity index (χ4n) is 2.41. The van der Waals surface area contributed by atoms with Gasteiger partial charge in [-0.3, -0.25) is 0 Å². The first-order valence-electron chi connectivity index (χ1n) is 7.39. The highest BCUT2D eigenvalue weighted by molar-refractivity contribution is 9.10. The average molecular weight is 350 g/mol. The molecule has 1 nitrogen and oxygen atoms in total. The Kier molecular flexibility index (Phi) is 5.80. The summed E-state index contributed by atoms with van der Waals surface area (Å²) in [4.78, 5) is 0. The van der Waals surface area contributed by atoms with Crippen LogP contribution in [-0.4, -0.2) is 0 Å². The number of anilines is 1. The van der Waals surface area contributed by atoms with Gasteiger partial charge in [-0.05, 0) is 52.5 Å². The normalized spacial score (nSPS) is 12.2. The summed E-state index contributed by atoms with van der Waals surface area (Å²) in [6.07, 6.45) is 3.33. The van der Waals surface area contributed by atoms with Crippen molar-refractivity contribution in [2.45, 2.75) is 39.2 Å². The van der Waals surface area contributed by atoms with Gasteiger partial charge in [0.05, 0.1) is 10.5 Å². The average Bonchev–Trinajstić information content (AvgIpc) is 2.49. The van der Waals surface area contributed by atoms with Gasteiger partial charge in [0.15, 0.2) is 0 Å². The summed E-state index contributed by atoms with van der Waals surface area (Å²) in [6, 6.07) is 14.0. The topological polar surface area (TPSA) is 12.0 Å². The van der Waals surface area contributed by atoms with E-state index in [-0.39, 0.29) is 11.9 Å². The van der Waals surface area contributed by atoms with E-state index in [1.165, 1.54) is 5.56 Å². The summed E-state index contributed by atoms with van der Waals surface area (Å²) in [5, 5.41) is 3.51. The van der Waals surface area contributed by atoms with Gasteiger partial charge in [-0.25, -0.2) is 4.39 Å². The first kappa shape index (κ1) is 16.0. The van der Waals surface area contributed by atoms with Gasteiger partial charge in [-0.2, -0.15) is 0 Å². The van der Waals surface area contributed by atoms with Crippen LogP contribution in [0, 0.1) is 12.7 Å². The fraction of sp³-hybridized carbons (Fsp3) is 0.333. The number of hydrogen-bond acceptors (Lipinski definition) is 1. The van der Waals surface area contributed by atoms with Gasteiger partial charge in [0.25, 0.3) is 0 Å². The second-order valence-corrected chi connectivity index (χ2v) is 6.19. The van der Waals surface area contributed by atoms with Crippen LogP contribution < -0.4 is 5.32 Å². The summed E-state index contributed by atoms with van der Waals surface area (Å²) in [5.74, 6) is -0.231. The van der Waals surface area contributed by atoms with E-state index in [4.69, 9.17) is 0 Å². The van der Waals surface area contributed by atoms with Crippen molar-refractivity contribution in [1.29, 1.82) is 0 Å². The maximum absolute atomic E-state index is 13.8. The van der Waals surface area contributed by atoms with E-state index in [0.29, 0.717) is 4.47 Å². The van der Waals surface area contributed by atoms with Crippen LogP contribution in [0.3, 0.4) is 0 Å². The van der Waals surface area contributed by atoms with Crippen molar-refractivity contribution in [2.24, 2.45) is 0 Å². The lowest BCUT2D eigenvalue weighted by molar-refractivity contribution is 0.616. The maximum atomic E-state index is 13.8. The van der Waals surface area contributed by atoms with Crippen molar-refractivity contribution in [3.63, 3.8) is 0 Å². The zero-order valence-electron chi connectivity index (χ0n) is 12.5. The number of nitrogens with one attached hydrogen (secondary N) is 1. The molecule has 2 aromatic rings. The van der Waals surface area contributed by atoms with Crippen molar-refractivity contribution in [3.8, 4) is 0 Å². The van der Waals surface area contributed by atoms with Crippen LogP contribution in [0.15, 0.2) is 46.9 Å². The van der Waals surface area contributed by atoms with E-state index in [1.54, 1.807) is 6.07 Å². The number of halogens is 2. The quantitative estimate of drug-likeness (QED) is 0.650. The third-order valence-corrected chi connectivity index (χ3v) is 4.25. The van der Waals surface area contributed by atoms with Crippen LogP contribution in [0.5, 0.6) is 0 Å². The molecular formula is C18H21BrFN. The molecule has 1 unspecified atom stereocenters. The van der Waals surface area contributed by atoms with E-state index in [0.717, 1.165) is 30.5 Å². The Balaban J connectivity index is 2.25. The van der Waals surface area contributed by atoms with Crippen LogP contribution in [0.1, 0.15) is 43.4 Å². The monoisotopic (exact) mass is 349 g/mol. The predicted octanol–water partition coefficient (Wildman–Crippen LogP) is 6.24. The Hall–Kier alpha value is -1.35. The molecule has 0 saturated heterocycles. The van der Waals surface area contributed by atoms with Crippen molar-refractivity contribution >= 4 is 21.6 Å². The summed E-state index contributed by atoms with van der Waals surface area (Å²) in [6.45, 7) is 4.18. The predicted molar refractivity (Wildman–Crippen MR) is 91.2 cm³/mol. The van der Waals surface area contributed by atoms with E-state index >= 15 is 0 Å². The number of benzene rings is 2. The number of unbranched alkanes of at least 4 members (excludes halogenated alkanes) is 1. The zero-order valence-corrected chi connectivity index (χ0v) is 14.1. The van der Waals surface area contributed by atoms with E-state index in [9.17, 15) is 4.39 Å². The number of hydrogen-bond donors (Lipinski definition) is 1. The molecule has 0 amide bonds. The number of rotatable bonds is 6. The van der Waals surface area contributed by atoms with Crippen LogP contribution in [0.25, 0.3) is 0 Å². The van der Waals surface area contributed by atoms with Gasteiger partial charge in [0.2, 0.25) is 0 Å². The Bertz CT molecular complexity index is 583. The van der Waals surface area contributed by atoms with Crippen LogP contribution in [0.2, 0.25) is 0 Å². The molecule has 3 heteroatoms. The molecule has 21 heavy (non-hydrogen) atoms. The molecule has 2 rings (SSSR count). The summed E-state index contributed by atoms with van der Waals surface area (Å²) in [5.41, 5.74) is 3.15. The highest BCUT2D eigenvalue weighted by Crippen LogP contribution is 2.29. The van der Waals surface area contributed by atoms with Gasteiger partial charge in [0.1, 0.15) is 5.82 Å². The lowest BCUT2D eigenvalue weighted by atomic mass is 10.0. The van der Waals surface area contributed by atoms with Crippen molar-refractivity contribution < 1.29 is 4.39 Å². The molecule has 0 heterocycles. The standard InChI is InChI=1S/C18H21BrFN/c1-3-4-10-17(14-8-6-5-7-9-14)21-18-12-16(20)15(19)11-13(18)2/h5-9,11-12,17,21H,3-4,10H2,1-2H3. The van der Waals surface area contributed by atoms with Crippen molar-refractivity contribution in [3.05, 3.63) is 63.9 Å². The molecule has 0 bridgehead atoms. The minimum atomic E-state index is -0.231. The smallest absolute Gasteiger partial charge is 0.139 e. The number of aryl methyl sites for hydroxylation is 1. The summed E-state index contributed by atoms with van der Waals surface area (Å²) < 4.78 is 14.3. The SMILES string of the molecule is CCCCC(Nc1cc(F)c(Br)cc1C)c1ccccc1. The molecule has 2 aromatic carbocycles. The molecular weight excluding hydrogens is 329 g/mol. The summed E-state index contributed by atoms with van der Waals surface area (Å²) in [7, 11) is 0. The second kappa shape index (κ2) is 7.60. The Labute approximate surface area is 134 Å². The summed E-state index contributed by atoms with van der Waals surface area (Å²) >= 11 is 3.23. The molecule has 0 aliphatic rings. The van der Waals surface area contributed by atoms with Gasteiger partial charge < -0.3 is 5.32 Å². The molecule has 0 aliphatic heterocycles. The second-order valence-electron chi connectivity index (χ2n) is 5.33. The highest BCUT2D eigenvalue weighted by atomic mass is 79.9. The minimum absolute atomic E-state index is 0.213. The fourth-order valence-corrected chi connectivity index (χ4v) is 2.86. The van der Waals surface area contributed by atoms with Crippen molar-refractivity contribution in [1.82, 2.24) is 0 Å². The lowest BCUT2D eigenvalue weighted by Gasteiger charge is -2.22. The van der Waals surface area contributed by atoms with E-state index in [1.807, 2.05) is 31.2 Å². The third-order valence-electron chi connectivity index (χ3n) is 3.65. The minimum Gasteiger partial charge on any atom is -0.378 e. The van der Waals surface area contributed by atoms with Gasteiger partial charge in [-0.1, -0.05) is 50.1 Å².